The van der Waals surface area contributed by atoms with Gasteiger partial charge < -0.3 is 10.4 Å². The maximum Gasteiger partial charge on any atom is 0.329 e. The second kappa shape index (κ2) is 5.48. The van der Waals surface area contributed by atoms with Crippen molar-refractivity contribution in [3.8, 4) is 0 Å². The zero-order valence-electron chi connectivity index (χ0n) is 10.1. The molecule has 0 heterocycles. The Morgan fingerprint density at radius 1 is 1.29 bits per heavy atom. The molecule has 1 amide bonds. The first kappa shape index (κ1) is 13.2. The number of rotatable bonds is 5. The number of carbonyl (C=O) groups excluding carboxylic acids is 1. The molecule has 4 nitrogen and oxygen atoms in total. The SMILES string of the molecule is CCCC(C)(NC(=O)c1ccccc1)C(=O)O. The summed E-state index contributed by atoms with van der Waals surface area (Å²) in [4.78, 5) is 23.0. The average molecular weight is 235 g/mol. The molecule has 92 valence electrons. The molecule has 0 aliphatic heterocycles. The van der Waals surface area contributed by atoms with Gasteiger partial charge in [-0.05, 0) is 25.5 Å². The summed E-state index contributed by atoms with van der Waals surface area (Å²) in [5.74, 6) is -1.37. The van der Waals surface area contributed by atoms with Gasteiger partial charge in [0.25, 0.3) is 5.91 Å². The fraction of sp³-hybridized carbons (Fsp3) is 0.385. The third kappa shape index (κ3) is 3.31. The van der Waals surface area contributed by atoms with Crippen LogP contribution < -0.4 is 5.32 Å². The van der Waals surface area contributed by atoms with Crippen molar-refractivity contribution in [3.05, 3.63) is 35.9 Å². The fourth-order valence-corrected chi connectivity index (χ4v) is 1.64. The van der Waals surface area contributed by atoms with Gasteiger partial charge >= 0.3 is 5.97 Å². The molecule has 0 radical (unpaired) electrons. The molecular weight excluding hydrogens is 218 g/mol. The molecule has 0 saturated carbocycles. The molecule has 1 unspecified atom stereocenters. The zero-order valence-corrected chi connectivity index (χ0v) is 10.1. The maximum atomic E-state index is 11.9. The molecule has 1 rings (SSSR count). The largest absolute Gasteiger partial charge is 0.480 e. The Hall–Kier alpha value is -1.84. The molecular formula is C13H17NO3. The van der Waals surface area contributed by atoms with Crippen LogP contribution in [0.1, 0.15) is 37.0 Å². The number of hydrogen-bond donors (Lipinski definition) is 2. The molecule has 0 aliphatic carbocycles. The van der Waals surface area contributed by atoms with Crippen molar-refractivity contribution in [1.29, 1.82) is 0 Å². The summed E-state index contributed by atoms with van der Waals surface area (Å²) >= 11 is 0. The topological polar surface area (TPSA) is 66.4 Å². The number of aliphatic carboxylic acids is 1. The fourth-order valence-electron chi connectivity index (χ4n) is 1.64. The van der Waals surface area contributed by atoms with E-state index in [9.17, 15) is 9.59 Å². The second-order valence-electron chi connectivity index (χ2n) is 4.21. The van der Waals surface area contributed by atoms with Crippen LogP contribution >= 0.6 is 0 Å². The number of benzene rings is 1. The first-order valence-corrected chi connectivity index (χ1v) is 5.60. The molecule has 2 N–H and O–H groups in total. The molecule has 1 aromatic carbocycles. The Morgan fingerprint density at radius 2 is 1.88 bits per heavy atom. The quantitative estimate of drug-likeness (QED) is 0.821. The lowest BCUT2D eigenvalue weighted by atomic mass is 9.96. The van der Waals surface area contributed by atoms with Gasteiger partial charge in [-0.1, -0.05) is 31.5 Å². The van der Waals surface area contributed by atoms with Crippen molar-refractivity contribution >= 4 is 11.9 Å². The summed E-state index contributed by atoms with van der Waals surface area (Å²) in [6, 6.07) is 8.60. The van der Waals surface area contributed by atoms with Gasteiger partial charge in [-0.3, -0.25) is 4.79 Å². The molecule has 0 fully saturated rings. The van der Waals surface area contributed by atoms with Gasteiger partial charge in [-0.15, -0.1) is 0 Å². The highest BCUT2D eigenvalue weighted by atomic mass is 16.4. The van der Waals surface area contributed by atoms with Crippen LogP contribution in [0, 0.1) is 0 Å². The zero-order chi connectivity index (χ0) is 12.9. The summed E-state index contributed by atoms with van der Waals surface area (Å²) in [7, 11) is 0. The van der Waals surface area contributed by atoms with E-state index in [-0.39, 0.29) is 5.91 Å². The average Bonchev–Trinajstić information content (AvgIpc) is 2.30. The molecule has 0 aromatic heterocycles. The van der Waals surface area contributed by atoms with Crippen molar-refractivity contribution in [2.45, 2.75) is 32.2 Å². The van der Waals surface area contributed by atoms with Gasteiger partial charge in [0.15, 0.2) is 0 Å². The van der Waals surface area contributed by atoms with Crippen LogP contribution in [0.2, 0.25) is 0 Å². The normalized spacial score (nSPS) is 13.8. The molecule has 0 spiro atoms. The van der Waals surface area contributed by atoms with E-state index in [2.05, 4.69) is 5.32 Å². The summed E-state index contributed by atoms with van der Waals surface area (Å²) in [6.45, 7) is 3.41. The number of hydrogen-bond acceptors (Lipinski definition) is 2. The van der Waals surface area contributed by atoms with Crippen molar-refractivity contribution in [2.75, 3.05) is 0 Å². The first-order chi connectivity index (χ1) is 7.99. The van der Waals surface area contributed by atoms with Crippen LogP contribution in [0.25, 0.3) is 0 Å². The van der Waals surface area contributed by atoms with Crippen LogP contribution in [0.15, 0.2) is 30.3 Å². The number of carboxylic acid groups (broad SMARTS) is 1. The summed E-state index contributed by atoms with van der Waals surface area (Å²) in [6.07, 6.45) is 1.10. The van der Waals surface area contributed by atoms with E-state index < -0.39 is 11.5 Å². The van der Waals surface area contributed by atoms with Crippen LogP contribution in [-0.2, 0) is 4.79 Å². The third-order valence-corrected chi connectivity index (χ3v) is 2.65. The van der Waals surface area contributed by atoms with Crippen molar-refractivity contribution in [3.63, 3.8) is 0 Å². The molecule has 0 saturated heterocycles. The van der Waals surface area contributed by atoms with E-state index >= 15 is 0 Å². The highest BCUT2D eigenvalue weighted by Gasteiger charge is 2.33. The summed E-state index contributed by atoms with van der Waals surface area (Å²) < 4.78 is 0. The van der Waals surface area contributed by atoms with Gasteiger partial charge in [0.05, 0.1) is 0 Å². The Kier molecular flexibility index (Phi) is 4.26. The number of carbonyl (C=O) groups is 2. The molecule has 4 heteroatoms. The number of nitrogens with one attached hydrogen (secondary N) is 1. The van der Waals surface area contributed by atoms with Gasteiger partial charge in [-0.25, -0.2) is 4.79 Å². The number of carboxylic acids is 1. The predicted molar refractivity (Wildman–Crippen MR) is 64.9 cm³/mol. The Bertz CT molecular complexity index is 402. The third-order valence-electron chi connectivity index (χ3n) is 2.65. The monoisotopic (exact) mass is 235 g/mol. The van der Waals surface area contributed by atoms with Gasteiger partial charge in [0.1, 0.15) is 5.54 Å². The van der Waals surface area contributed by atoms with E-state index in [0.717, 1.165) is 0 Å². The minimum absolute atomic E-state index is 0.357. The number of amides is 1. The van der Waals surface area contributed by atoms with E-state index in [4.69, 9.17) is 5.11 Å². The van der Waals surface area contributed by atoms with Crippen molar-refractivity contribution in [2.24, 2.45) is 0 Å². The predicted octanol–water partition coefficient (Wildman–Crippen LogP) is 2.06. The van der Waals surface area contributed by atoms with E-state index in [1.54, 1.807) is 30.3 Å². The van der Waals surface area contributed by atoms with Crippen LogP contribution in [-0.4, -0.2) is 22.5 Å². The molecule has 1 aromatic rings. The Balaban J connectivity index is 2.82. The maximum absolute atomic E-state index is 11.9. The van der Waals surface area contributed by atoms with E-state index in [1.807, 2.05) is 6.92 Å². The Labute approximate surface area is 101 Å². The molecule has 17 heavy (non-hydrogen) atoms. The van der Waals surface area contributed by atoms with E-state index in [1.165, 1.54) is 6.92 Å². The smallest absolute Gasteiger partial charge is 0.329 e. The highest BCUT2D eigenvalue weighted by Crippen LogP contribution is 2.13. The minimum Gasteiger partial charge on any atom is -0.480 e. The molecule has 1 atom stereocenters. The van der Waals surface area contributed by atoms with Crippen LogP contribution in [0.5, 0.6) is 0 Å². The van der Waals surface area contributed by atoms with Crippen molar-refractivity contribution in [1.82, 2.24) is 5.32 Å². The standard InChI is InChI=1S/C13H17NO3/c1-3-9-13(2,12(16)17)14-11(15)10-7-5-4-6-8-10/h4-8H,3,9H2,1-2H3,(H,14,15)(H,16,17). The minimum atomic E-state index is -1.21. The first-order valence-electron chi connectivity index (χ1n) is 5.60. The second-order valence-corrected chi connectivity index (χ2v) is 4.21. The molecule has 0 aliphatic rings. The van der Waals surface area contributed by atoms with E-state index in [0.29, 0.717) is 18.4 Å². The van der Waals surface area contributed by atoms with Gasteiger partial charge in [0, 0.05) is 5.56 Å². The van der Waals surface area contributed by atoms with Crippen molar-refractivity contribution < 1.29 is 14.7 Å². The Morgan fingerprint density at radius 3 is 2.35 bits per heavy atom. The summed E-state index contributed by atoms with van der Waals surface area (Å²) in [5, 5.41) is 11.7. The lowest BCUT2D eigenvalue weighted by Gasteiger charge is -2.25. The van der Waals surface area contributed by atoms with Gasteiger partial charge in [-0.2, -0.15) is 0 Å². The highest BCUT2D eigenvalue weighted by molar-refractivity contribution is 5.97. The molecule has 0 bridgehead atoms. The van der Waals surface area contributed by atoms with Crippen LogP contribution in [0.3, 0.4) is 0 Å². The lowest BCUT2D eigenvalue weighted by molar-refractivity contribution is -0.144. The van der Waals surface area contributed by atoms with Gasteiger partial charge in [0.2, 0.25) is 0 Å². The lowest BCUT2D eigenvalue weighted by Crippen LogP contribution is -2.52. The summed E-state index contributed by atoms with van der Waals surface area (Å²) in [5.41, 5.74) is -0.738. The van der Waals surface area contributed by atoms with Crippen LogP contribution in [0.4, 0.5) is 0 Å².